The molecule has 1 saturated heterocycles. The summed E-state index contributed by atoms with van der Waals surface area (Å²) < 4.78 is 97.9. The number of aromatic carboxylic acids is 1. The molecule has 1 aromatic carbocycles. The Labute approximate surface area is 185 Å². The second-order valence-electron chi connectivity index (χ2n) is 8.23. The van der Waals surface area contributed by atoms with E-state index in [1.165, 1.54) is 0 Å². The van der Waals surface area contributed by atoms with Crippen molar-refractivity contribution < 1.29 is 45.4 Å². The van der Waals surface area contributed by atoms with E-state index in [1.807, 2.05) is 0 Å². The zero-order chi connectivity index (χ0) is 25.1. The largest absolute Gasteiger partial charge is 0.477 e. The van der Waals surface area contributed by atoms with Crippen molar-refractivity contribution in [3.05, 3.63) is 39.4 Å². The molecule has 0 unspecified atom stereocenters. The van der Waals surface area contributed by atoms with Gasteiger partial charge in [0.25, 0.3) is 0 Å². The van der Waals surface area contributed by atoms with Gasteiger partial charge in [-0.3, -0.25) is 14.0 Å². The average Bonchev–Trinajstić information content (AvgIpc) is 3.52. The predicted octanol–water partition coefficient (Wildman–Crippen LogP) is 2.90. The minimum Gasteiger partial charge on any atom is -0.477 e. The van der Waals surface area contributed by atoms with Gasteiger partial charge >= 0.3 is 18.1 Å². The first kappa shape index (κ1) is 23.8. The average molecular weight is 495 g/mol. The van der Waals surface area contributed by atoms with E-state index in [9.17, 15) is 37.1 Å². The van der Waals surface area contributed by atoms with Crippen LogP contribution in [0.1, 0.15) is 29.2 Å². The standard InChI is InChI=1S/C20H16F7N3O4/c21-3-7-4-29(6-10(7)28-19(34)20(25,26)27)16-13(23)12(22)11-15(14(16)24)30(8-1-2-8)5-9(17(11)31)18(32)33/h5,7-8,10H,1-4,6H2,(H,28,34)(H,32,33)/t7-,10+/m1/s1. The molecular formula is C20H16F7N3O4. The Kier molecular flexibility index (Phi) is 5.72. The molecular weight excluding hydrogens is 479 g/mol. The number of hydrogen-bond acceptors (Lipinski definition) is 4. The lowest BCUT2D eigenvalue weighted by molar-refractivity contribution is -0.174. The Morgan fingerprint density at radius 2 is 1.74 bits per heavy atom. The summed E-state index contributed by atoms with van der Waals surface area (Å²) in [5, 5.41) is 9.70. The maximum atomic E-state index is 15.6. The summed E-state index contributed by atoms with van der Waals surface area (Å²) in [6.07, 6.45) is -3.55. The lowest BCUT2D eigenvalue weighted by atomic mass is 10.1. The maximum Gasteiger partial charge on any atom is 0.471 e. The first-order chi connectivity index (χ1) is 15.9. The van der Waals surface area contributed by atoms with Crippen LogP contribution in [0, 0.1) is 23.4 Å². The Morgan fingerprint density at radius 3 is 2.26 bits per heavy atom. The van der Waals surface area contributed by atoms with Gasteiger partial charge in [-0.25, -0.2) is 18.0 Å². The van der Waals surface area contributed by atoms with Gasteiger partial charge in [-0.15, -0.1) is 0 Å². The smallest absolute Gasteiger partial charge is 0.471 e. The predicted molar refractivity (Wildman–Crippen MR) is 103 cm³/mol. The highest BCUT2D eigenvalue weighted by Crippen LogP contribution is 2.41. The van der Waals surface area contributed by atoms with Crippen LogP contribution in [0.25, 0.3) is 10.9 Å². The summed E-state index contributed by atoms with van der Waals surface area (Å²) >= 11 is 0. The van der Waals surface area contributed by atoms with E-state index in [0.29, 0.717) is 12.8 Å². The van der Waals surface area contributed by atoms with Crippen LogP contribution in [0.4, 0.5) is 36.4 Å². The van der Waals surface area contributed by atoms with E-state index in [2.05, 4.69) is 0 Å². The molecule has 14 heteroatoms. The molecule has 1 aliphatic carbocycles. The molecule has 2 aliphatic rings. The van der Waals surface area contributed by atoms with Crippen LogP contribution in [-0.2, 0) is 4.79 Å². The van der Waals surface area contributed by atoms with Crippen molar-refractivity contribution in [2.75, 3.05) is 24.7 Å². The minimum atomic E-state index is -5.28. The van der Waals surface area contributed by atoms with Crippen LogP contribution in [0.3, 0.4) is 0 Å². The first-order valence-electron chi connectivity index (χ1n) is 10.0. The van der Waals surface area contributed by atoms with E-state index >= 15 is 13.2 Å². The number of aromatic nitrogens is 1. The van der Waals surface area contributed by atoms with Gasteiger partial charge in [0.15, 0.2) is 17.5 Å². The minimum absolute atomic E-state index is 0.448. The van der Waals surface area contributed by atoms with E-state index in [-0.39, 0.29) is 0 Å². The molecule has 2 atom stereocenters. The maximum absolute atomic E-state index is 15.6. The van der Waals surface area contributed by atoms with Crippen LogP contribution in [-0.4, -0.2) is 53.5 Å². The van der Waals surface area contributed by atoms with Crippen LogP contribution in [0.2, 0.25) is 0 Å². The number of benzene rings is 1. The monoisotopic (exact) mass is 495 g/mol. The number of fused-ring (bicyclic) bond motifs is 1. The molecule has 2 N–H and O–H groups in total. The van der Waals surface area contributed by atoms with Crippen molar-refractivity contribution in [1.82, 2.24) is 9.88 Å². The summed E-state index contributed by atoms with van der Waals surface area (Å²) in [6.45, 7) is -2.47. The number of amides is 1. The lowest BCUT2D eigenvalue weighted by Crippen LogP contribution is -2.47. The van der Waals surface area contributed by atoms with Gasteiger partial charge in [-0.1, -0.05) is 0 Å². The number of carbonyl (C=O) groups excluding carboxylic acids is 1. The van der Waals surface area contributed by atoms with Gasteiger partial charge in [-0.2, -0.15) is 13.2 Å². The van der Waals surface area contributed by atoms with Crippen LogP contribution in [0.15, 0.2) is 11.0 Å². The Bertz CT molecular complexity index is 1260. The fourth-order valence-electron chi connectivity index (χ4n) is 4.18. The number of nitrogens with one attached hydrogen (secondary N) is 1. The van der Waals surface area contributed by atoms with E-state index in [0.717, 1.165) is 15.7 Å². The summed E-state index contributed by atoms with van der Waals surface area (Å²) in [4.78, 5) is 35.9. The molecule has 2 fully saturated rings. The van der Waals surface area contributed by atoms with Crippen molar-refractivity contribution in [1.29, 1.82) is 0 Å². The van der Waals surface area contributed by atoms with Gasteiger partial charge in [0.05, 0.1) is 23.6 Å². The highest BCUT2D eigenvalue weighted by atomic mass is 19.4. The normalized spacial score (nSPS) is 20.7. The number of hydrogen-bond donors (Lipinski definition) is 2. The molecule has 1 aromatic heterocycles. The molecule has 1 amide bonds. The van der Waals surface area contributed by atoms with Gasteiger partial charge < -0.3 is 19.9 Å². The van der Waals surface area contributed by atoms with Gasteiger partial charge in [0.1, 0.15) is 11.3 Å². The van der Waals surface area contributed by atoms with Gasteiger partial charge in [0, 0.05) is 31.2 Å². The number of pyridine rings is 1. The molecule has 1 saturated carbocycles. The number of halogens is 7. The molecule has 0 bridgehead atoms. The summed E-state index contributed by atoms with van der Waals surface area (Å²) in [6, 6.07) is -1.97. The second-order valence-corrected chi connectivity index (χ2v) is 8.23. The third-order valence-corrected chi connectivity index (χ3v) is 5.97. The molecule has 184 valence electrons. The van der Waals surface area contributed by atoms with Crippen LogP contribution in [0.5, 0.6) is 0 Å². The fourth-order valence-corrected chi connectivity index (χ4v) is 4.18. The molecule has 0 radical (unpaired) electrons. The number of carboxylic acids is 1. The number of carbonyl (C=O) groups is 2. The quantitative estimate of drug-likeness (QED) is 0.492. The molecule has 4 rings (SSSR count). The van der Waals surface area contributed by atoms with Crippen molar-refractivity contribution in [3.8, 4) is 0 Å². The third kappa shape index (κ3) is 3.84. The lowest BCUT2D eigenvalue weighted by Gasteiger charge is -2.23. The number of rotatable bonds is 5. The molecule has 7 nitrogen and oxygen atoms in total. The number of alkyl halides is 4. The van der Waals surface area contributed by atoms with Crippen molar-refractivity contribution in [2.24, 2.45) is 5.92 Å². The Morgan fingerprint density at radius 1 is 1.09 bits per heavy atom. The highest BCUT2D eigenvalue weighted by molar-refractivity contribution is 5.94. The van der Waals surface area contributed by atoms with E-state index < -0.39 is 101 Å². The number of anilines is 1. The van der Waals surface area contributed by atoms with E-state index in [4.69, 9.17) is 0 Å². The molecule has 2 aromatic rings. The summed E-state index contributed by atoms with van der Waals surface area (Å²) in [7, 11) is 0. The third-order valence-electron chi connectivity index (χ3n) is 5.97. The first-order valence-corrected chi connectivity index (χ1v) is 10.0. The summed E-state index contributed by atoms with van der Waals surface area (Å²) in [5.74, 6) is -10.5. The molecule has 2 heterocycles. The van der Waals surface area contributed by atoms with Crippen molar-refractivity contribution in [3.63, 3.8) is 0 Å². The fraction of sp³-hybridized carbons (Fsp3) is 0.450. The SMILES string of the molecule is O=C(O)c1cn(C2CC2)c2c(F)c(N3C[C@@H](CF)[C@@H](NC(=O)C(F)(F)F)C3)c(F)c(F)c2c1=O. The Balaban J connectivity index is 1.85. The van der Waals surface area contributed by atoms with E-state index in [1.54, 1.807) is 5.32 Å². The highest BCUT2D eigenvalue weighted by Gasteiger charge is 2.44. The molecule has 34 heavy (non-hydrogen) atoms. The van der Waals surface area contributed by atoms with Crippen LogP contribution >= 0.6 is 0 Å². The van der Waals surface area contributed by atoms with Gasteiger partial charge in [-0.05, 0) is 12.8 Å². The number of carboxylic acid groups (broad SMARTS) is 1. The van der Waals surface area contributed by atoms with Crippen molar-refractivity contribution >= 4 is 28.5 Å². The summed E-state index contributed by atoms with van der Waals surface area (Å²) in [5.41, 5.74) is -4.09. The zero-order valence-electron chi connectivity index (χ0n) is 17.1. The molecule has 1 aliphatic heterocycles. The van der Waals surface area contributed by atoms with Crippen molar-refractivity contribution in [2.45, 2.75) is 31.1 Å². The van der Waals surface area contributed by atoms with Gasteiger partial charge in [0.2, 0.25) is 5.43 Å². The second kappa shape index (κ2) is 8.17. The van der Waals surface area contributed by atoms with Crippen LogP contribution < -0.4 is 15.6 Å². The molecule has 0 spiro atoms. The topological polar surface area (TPSA) is 91.6 Å². The number of nitrogens with zero attached hydrogens (tertiary/aromatic N) is 2. The zero-order valence-corrected chi connectivity index (χ0v) is 17.1. The Hall–Kier alpha value is -3.32.